The summed E-state index contributed by atoms with van der Waals surface area (Å²) in [6.07, 6.45) is 5.25. The van der Waals surface area contributed by atoms with E-state index in [2.05, 4.69) is 49.4 Å². The Bertz CT molecular complexity index is 999. The molecule has 0 fully saturated rings. The molecule has 7 heteroatoms. The van der Waals surface area contributed by atoms with Gasteiger partial charge < -0.3 is 10.3 Å². The monoisotopic (exact) mass is 319 g/mol. The van der Waals surface area contributed by atoms with Crippen molar-refractivity contribution in [1.82, 2.24) is 29.7 Å². The van der Waals surface area contributed by atoms with E-state index in [0.717, 1.165) is 23.6 Å². The minimum atomic E-state index is 0.650. The topological polar surface area (TPSA) is 84.3 Å². The van der Waals surface area contributed by atoms with Gasteiger partial charge in [0.25, 0.3) is 0 Å². The van der Waals surface area contributed by atoms with Crippen molar-refractivity contribution in [2.75, 3.05) is 5.32 Å². The Morgan fingerprint density at radius 2 is 2.04 bits per heavy atom. The van der Waals surface area contributed by atoms with E-state index in [-0.39, 0.29) is 0 Å². The molecule has 2 N–H and O–H groups in total. The number of nitrogens with zero attached hydrogens (tertiary/aromatic N) is 5. The number of hydrogen-bond donors (Lipinski definition) is 2. The Morgan fingerprint density at radius 1 is 1.17 bits per heavy atom. The number of rotatable bonds is 4. The highest BCUT2D eigenvalue weighted by molar-refractivity contribution is 5.84. The average molecular weight is 319 g/mol. The molecule has 0 aliphatic carbocycles. The van der Waals surface area contributed by atoms with Crippen LogP contribution in [0.4, 0.5) is 11.5 Å². The fraction of sp³-hybridized carbons (Fsp3) is 0.176. The summed E-state index contributed by atoms with van der Waals surface area (Å²) in [5.74, 6) is 1.50. The summed E-state index contributed by atoms with van der Waals surface area (Å²) in [4.78, 5) is 15.9. The van der Waals surface area contributed by atoms with Gasteiger partial charge in [0.1, 0.15) is 17.7 Å². The summed E-state index contributed by atoms with van der Waals surface area (Å²) in [5.41, 5.74) is 4.82. The normalized spacial score (nSPS) is 11.1. The van der Waals surface area contributed by atoms with E-state index in [1.54, 1.807) is 6.20 Å². The number of hydrogen-bond acceptors (Lipinski definition) is 5. The van der Waals surface area contributed by atoms with Crippen molar-refractivity contribution in [2.45, 2.75) is 20.4 Å². The standard InChI is InChI=1S/C17H17N7/c1-11-5-3-4-6-13(11)8-24-9-14(7-20-24)23-17-15-16(18-10-19-17)22-12(2)21-15/h3-7,9-10H,8H2,1-2H3,(H2,18,19,21,22,23). The van der Waals surface area contributed by atoms with E-state index in [1.807, 2.05) is 29.9 Å². The third kappa shape index (κ3) is 2.71. The van der Waals surface area contributed by atoms with Gasteiger partial charge in [-0.1, -0.05) is 24.3 Å². The van der Waals surface area contributed by atoms with E-state index < -0.39 is 0 Å². The van der Waals surface area contributed by atoms with Crippen molar-refractivity contribution in [2.24, 2.45) is 0 Å². The van der Waals surface area contributed by atoms with Crippen LogP contribution in [-0.4, -0.2) is 29.7 Å². The molecule has 4 aromatic rings. The van der Waals surface area contributed by atoms with Crippen LogP contribution in [-0.2, 0) is 6.54 Å². The molecule has 3 heterocycles. The summed E-state index contributed by atoms with van der Waals surface area (Å²) in [6, 6.07) is 8.31. The zero-order chi connectivity index (χ0) is 16.5. The van der Waals surface area contributed by atoms with Gasteiger partial charge in [-0.05, 0) is 25.0 Å². The van der Waals surface area contributed by atoms with Crippen molar-refractivity contribution >= 4 is 22.7 Å². The van der Waals surface area contributed by atoms with Crippen molar-refractivity contribution in [1.29, 1.82) is 0 Å². The van der Waals surface area contributed by atoms with Gasteiger partial charge in [-0.2, -0.15) is 5.10 Å². The Hall–Kier alpha value is -3.22. The maximum atomic E-state index is 4.42. The average Bonchev–Trinajstić information content (AvgIpc) is 3.16. The van der Waals surface area contributed by atoms with Crippen LogP contribution in [0.3, 0.4) is 0 Å². The lowest BCUT2D eigenvalue weighted by atomic mass is 10.1. The quantitative estimate of drug-likeness (QED) is 0.604. The smallest absolute Gasteiger partial charge is 0.183 e. The molecule has 3 aromatic heterocycles. The Balaban J connectivity index is 1.58. The number of imidazole rings is 1. The first kappa shape index (κ1) is 14.4. The zero-order valence-electron chi connectivity index (χ0n) is 13.5. The second kappa shape index (κ2) is 5.77. The minimum Gasteiger partial charge on any atom is -0.338 e. The second-order valence-electron chi connectivity index (χ2n) is 5.72. The van der Waals surface area contributed by atoms with Crippen LogP contribution < -0.4 is 5.32 Å². The van der Waals surface area contributed by atoms with Gasteiger partial charge >= 0.3 is 0 Å². The first-order valence-electron chi connectivity index (χ1n) is 7.70. The molecule has 0 amide bonds. The zero-order valence-corrected chi connectivity index (χ0v) is 13.5. The molecule has 0 aliphatic heterocycles. The first-order chi connectivity index (χ1) is 11.7. The summed E-state index contributed by atoms with van der Waals surface area (Å²) >= 11 is 0. The molecular formula is C17H17N7. The molecule has 4 rings (SSSR count). The molecule has 0 saturated heterocycles. The fourth-order valence-corrected chi connectivity index (χ4v) is 2.65. The maximum Gasteiger partial charge on any atom is 0.183 e. The van der Waals surface area contributed by atoms with Crippen LogP contribution in [0.15, 0.2) is 43.0 Å². The van der Waals surface area contributed by atoms with Crippen molar-refractivity contribution < 1.29 is 0 Å². The highest BCUT2D eigenvalue weighted by atomic mass is 15.3. The van der Waals surface area contributed by atoms with Gasteiger partial charge in [-0.15, -0.1) is 0 Å². The number of aromatic amines is 1. The molecule has 0 unspecified atom stereocenters. The predicted molar refractivity (Wildman–Crippen MR) is 92.2 cm³/mol. The van der Waals surface area contributed by atoms with Gasteiger partial charge in [0, 0.05) is 6.20 Å². The molecule has 0 radical (unpaired) electrons. The van der Waals surface area contributed by atoms with Crippen LogP contribution in [0.5, 0.6) is 0 Å². The fourth-order valence-electron chi connectivity index (χ4n) is 2.65. The number of benzene rings is 1. The molecule has 0 atom stereocenters. The van der Waals surface area contributed by atoms with E-state index in [0.29, 0.717) is 11.5 Å². The summed E-state index contributed by atoms with van der Waals surface area (Å²) < 4.78 is 1.90. The van der Waals surface area contributed by atoms with E-state index in [9.17, 15) is 0 Å². The maximum absolute atomic E-state index is 4.42. The Kier molecular flexibility index (Phi) is 3.45. The number of H-pyrrole nitrogens is 1. The summed E-state index contributed by atoms with van der Waals surface area (Å²) in [5, 5.41) is 7.69. The highest BCUT2D eigenvalue weighted by Crippen LogP contribution is 2.21. The van der Waals surface area contributed by atoms with Gasteiger partial charge in [0.05, 0.1) is 18.4 Å². The minimum absolute atomic E-state index is 0.650. The van der Waals surface area contributed by atoms with Crippen LogP contribution >= 0.6 is 0 Å². The molecule has 0 aliphatic rings. The number of anilines is 2. The van der Waals surface area contributed by atoms with Gasteiger partial charge in [0.2, 0.25) is 0 Å². The Morgan fingerprint density at radius 3 is 2.92 bits per heavy atom. The summed E-state index contributed by atoms with van der Waals surface area (Å²) in [7, 11) is 0. The lowest BCUT2D eigenvalue weighted by Crippen LogP contribution is -2.01. The highest BCUT2D eigenvalue weighted by Gasteiger charge is 2.09. The van der Waals surface area contributed by atoms with Gasteiger partial charge in [-0.3, -0.25) is 4.68 Å². The molecule has 24 heavy (non-hydrogen) atoms. The number of fused-ring (bicyclic) bond motifs is 1. The number of nitrogens with one attached hydrogen (secondary N) is 2. The molecular weight excluding hydrogens is 302 g/mol. The van der Waals surface area contributed by atoms with Crippen LogP contribution in [0.25, 0.3) is 11.2 Å². The SMILES string of the molecule is Cc1nc2ncnc(Nc3cnn(Cc4ccccc4C)c3)c2[nH]1. The third-order valence-corrected chi connectivity index (χ3v) is 3.90. The number of aromatic nitrogens is 6. The predicted octanol–water partition coefficient (Wildman–Crippen LogP) is 2.96. The third-order valence-electron chi connectivity index (χ3n) is 3.90. The van der Waals surface area contributed by atoms with E-state index in [1.165, 1.54) is 17.5 Å². The molecule has 1 aromatic carbocycles. The van der Waals surface area contributed by atoms with Crippen molar-refractivity contribution in [3.8, 4) is 0 Å². The largest absolute Gasteiger partial charge is 0.338 e. The molecule has 0 saturated carbocycles. The van der Waals surface area contributed by atoms with Crippen molar-refractivity contribution in [3.63, 3.8) is 0 Å². The summed E-state index contributed by atoms with van der Waals surface area (Å²) in [6.45, 7) is 4.73. The van der Waals surface area contributed by atoms with Crippen LogP contribution in [0.1, 0.15) is 17.0 Å². The van der Waals surface area contributed by atoms with Gasteiger partial charge in [-0.25, -0.2) is 15.0 Å². The van der Waals surface area contributed by atoms with Crippen LogP contribution in [0, 0.1) is 13.8 Å². The lowest BCUT2D eigenvalue weighted by molar-refractivity contribution is 0.684. The molecule has 0 bridgehead atoms. The first-order valence-corrected chi connectivity index (χ1v) is 7.70. The molecule has 0 spiro atoms. The van der Waals surface area contributed by atoms with Crippen LogP contribution in [0.2, 0.25) is 0 Å². The van der Waals surface area contributed by atoms with E-state index in [4.69, 9.17) is 0 Å². The second-order valence-corrected chi connectivity index (χ2v) is 5.72. The molecule has 7 nitrogen and oxygen atoms in total. The Labute approximate surface area is 138 Å². The van der Waals surface area contributed by atoms with Gasteiger partial charge in [0.15, 0.2) is 11.5 Å². The molecule has 120 valence electrons. The van der Waals surface area contributed by atoms with Crippen molar-refractivity contribution in [3.05, 3.63) is 59.9 Å². The lowest BCUT2D eigenvalue weighted by Gasteiger charge is -2.05. The van der Waals surface area contributed by atoms with E-state index >= 15 is 0 Å². The number of aryl methyl sites for hydroxylation is 2.